The van der Waals surface area contributed by atoms with E-state index in [4.69, 9.17) is 5.73 Å². The Morgan fingerprint density at radius 1 is 1.56 bits per heavy atom. The summed E-state index contributed by atoms with van der Waals surface area (Å²) in [7, 11) is 1.75. The summed E-state index contributed by atoms with van der Waals surface area (Å²) in [6.45, 7) is 6.42. The van der Waals surface area contributed by atoms with Crippen LogP contribution in [0.4, 0.5) is 0 Å². The molecule has 90 valence electrons. The van der Waals surface area contributed by atoms with Crippen LogP contribution in [0.2, 0.25) is 0 Å². The fourth-order valence-corrected chi connectivity index (χ4v) is 1.98. The summed E-state index contributed by atoms with van der Waals surface area (Å²) in [6, 6.07) is 0. The van der Waals surface area contributed by atoms with E-state index in [9.17, 15) is 4.79 Å². The van der Waals surface area contributed by atoms with Crippen LogP contribution in [0.15, 0.2) is 6.20 Å². The number of rotatable bonds is 5. The molecule has 1 aromatic rings. The van der Waals surface area contributed by atoms with Crippen molar-refractivity contribution in [1.29, 1.82) is 0 Å². The molecule has 4 nitrogen and oxygen atoms in total. The van der Waals surface area contributed by atoms with Gasteiger partial charge in [-0.2, -0.15) is 5.10 Å². The number of unbranched alkanes of at least 4 members (excludes halogenated alkanes) is 1. The number of nitrogens with zero attached hydrogens (tertiary/aromatic N) is 2. The van der Waals surface area contributed by atoms with Crippen molar-refractivity contribution in [3.63, 3.8) is 0 Å². The molecule has 1 heterocycles. The van der Waals surface area contributed by atoms with Crippen molar-refractivity contribution in [3.8, 4) is 0 Å². The SMILES string of the molecule is CCCCC(C)(C)c1cnn(C)c1C(N)=O. The molecule has 16 heavy (non-hydrogen) atoms. The molecule has 0 saturated carbocycles. The van der Waals surface area contributed by atoms with Gasteiger partial charge in [0.25, 0.3) is 5.91 Å². The molecular formula is C12H21N3O. The molecule has 0 aliphatic carbocycles. The third-order valence-corrected chi connectivity index (χ3v) is 3.06. The summed E-state index contributed by atoms with van der Waals surface area (Å²) < 4.78 is 1.56. The quantitative estimate of drug-likeness (QED) is 0.829. The van der Waals surface area contributed by atoms with Crippen LogP contribution in [-0.2, 0) is 12.5 Å². The predicted molar refractivity (Wildman–Crippen MR) is 64.3 cm³/mol. The number of aromatic nitrogens is 2. The Hall–Kier alpha value is -1.32. The van der Waals surface area contributed by atoms with Gasteiger partial charge in [-0.3, -0.25) is 9.48 Å². The van der Waals surface area contributed by atoms with Crippen LogP contribution in [0.3, 0.4) is 0 Å². The number of nitrogens with two attached hydrogens (primary N) is 1. The van der Waals surface area contributed by atoms with Crippen molar-refractivity contribution in [2.45, 2.75) is 45.4 Å². The second-order valence-electron chi connectivity index (χ2n) is 4.88. The monoisotopic (exact) mass is 223 g/mol. The van der Waals surface area contributed by atoms with Gasteiger partial charge in [-0.25, -0.2) is 0 Å². The van der Waals surface area contributed by atoms with E-state index in [2.05, 4.69) is 25.9 Å². The molecule has 0 aliphatic rings. The van der Waals surface area contributed by atoms with E-state index >= 15 is 0 Å². The number of aryl methyl sites for hydroxylation is 1. The van der Waals surface area contributed by atoms with Crippen molar-refractivity contribution < 1.29 is 4.79 Å². The Balaban J connectivity index is 3.07. The summed E-state index contributed by atoms with van der Waals surface area (Å²) in [5.74, 6) is -0.403. The lowest BCUT2D eigenvalue weighted by Crippen LogP contribution is -2.24. The molecule has 0 radical (unpaired) electrons. The summed E-state index contributed by atoms with van der Waals surface area (Å²) in [6.07, 6.45) is 5.08. The minimum Gasteiger partial charge on any atom is -0.364 e. The van der Waals surface area contributed by atoms with E-state index in [0.717, 1.165) is 24.8 Å². The number of hydrogen-bond donors (Lipinski definition) is 1. The van der Waals surface area contributed by atoms with Crippen molar-refractivity contribution in [2.24, 2.45) is 12.8 Å². The molecule has 1 amide bonds. The molecule has 0 spiro atoms. The average molecular weight is 223 g/mol. The second-order valence-corrected chi connectivity index (χ2v) is 4.88. The molecular weight excluding hydrogens is 202 g/mol. The molecule has 0 atom stereocenters. The summed E-state index contributed by atoms with van der Waals surface area (Å²) in [5, 5.41) is 4.13. The average Bonchev–Trinajstić information content (AvgIpc) is 2.58. The molecule has 2 N–H and O–H groups in total. The lowest BCUT2D eigenvalue weighted by molar-refractivity contribution is 0.0989. The first-order chi connectivity index (χ1) is 7.40. The maximum atomic E-state index is 11.4. The minimum atomic E-state index is -0.403. The van der Waals surface area contributed by atoms with Crippen LogP contribution in [0.25, 0.3) is 0 Å². The largest absolute Gasteiger partial charge is 0.364 e. The number of carbonyl (C=O) groups excluding carboxylic acids is 1. The Morgan fingerprint density at radius 2 is 2.19 bits per heavy atom. The van der Waals surface area contributed by atoms with Gasteiger partial charge in [0.05, 0.1) is 6.20 Å². The number of hydrogen-bond acceptors (Lipinski definition) is 2. The Bertz CT molecular complexity index is 380. The summed E-state index contributed by atoms with van der Waals surface area (Å²) >= 11 is 0. The Kier molecular flexibility index (Phi) is 3.73. The van der Waals surface area contributed by atoms with Crippen LogP contribution in [0.1, 0.15) is 56.1 Å². The van der Waals surface area contributed by atoms with E-state index in [1.54, 1.807) is 17.9 Å². The fraction of sp³-hybridized carbons (Fsp3) is 0.667. The number of amides is 1. The van der Waals surface area contributed by atoms with Crippen molar-refractivity contribution in [2.75, 3.05) is 0 Å². The standard InChI is InChI=1S/C12H21N3O/c1-5-6-7-12(2,3)9-8-14-15(4)10(9)11(13)16/h8H,5-7H2,1-4H3,(H2,13,16). The zero-order chi connectivity index (χ0) is 12.3. The highest BCUT2D eigenvalue weighted by Gasteiger charge is 2.27. The first-order valence-corrected chi connectivity index (χ1v) is 5.72. The molecule has 4 heteroatoms. The van der Waals surface area contributed by atoms with Gasteiger partial charge in [0, 0.05) is 12.6 Å². The molecule has 1 rings (SSSR count). The lowest BCUT2D eigenvalue weighted by Gasteiger charge is -2.24. The van der Waals surface area contributed by atoms with Gasteiger partial charge in [-0.05, 0) is 11.8 Å². The van der Waals surface area contributed by atoms with Crippen LogP contribution in [0.5, 0.6) is 0 Å². The second kappa shape index (κ2) is 4.68. The van der Waals surface area contributed by atoms with Gasteiger partial charge in [0.2, 0.25) is 0 Å². The number of primary amides is 1. The Morgan fingerprint density at radius 3 is 2.69 bits per heavy atom. The van der Waals surface area contributed by atoms with Crippen molar-refractivity contribution >= 4 is 5.91 Å². The van der Waals surface area contributed by atoms with Crippen molar-refractivity contribution in [3.05, 3.63) is 17.5 Å². The van der Waals surface area contributed by atoms with Crippen LogP contribution in [-0.4, -0.2) is 15.7 Å². The third kappa shape index (κ3) is 2.43. The lowest BCUT2D eigenvalue weighted by atomic mass is 9.80. The highest BCUT2D eigenvalue weighted by molar-refractivity contribution is 5.92. The molecule has 0 aliphatic heterocycles. The van der Waals surface area contributed by atoms with E-state index in [-0.39, 0.29) is 5.41 Å². The van der Waals surface area contributed by atoms with Gasteiger partial charge < -0.3 is 5.73 Å². The van der Waals surface area contributed by atoms with Gasteiger partial charge in [0.1, 0.15) is 5.69 Å². The van der Waals surface area contributed by atoms with Gasteiger partial charge in [-0.1, -0.05) is 33.6 Å². The molecule has 1 aromatic heterocycles. The van der Waals surface area contributed by atoms with E-state index in [1.165, 1.54) is 0 Å². The zero-order valence-corrected chi connectivity index (χ0v) is 10.6. The summed E-state index contributed by atoms with van der Waals surface area (Å²) in [4.78, 5) is 11.4. The van der Waals surface area contributed by atoms with Gasteiger partial charge in [-0.15, -0.1) is 0 Å². The molecule has 0 fully saturated rings. The van der Waals surface area contributed by atoms with Crippen LogP contribution in [0, 0.1) is 0 Å². The molecule has 0 aromatic carbocycles. The zero-order valence-electron chi connectivity index (χ0n) is 10.6. The minimum absolute atomic E-state index is 0.0470. The first-order valence-electron chi connectivity index (χ1n) is 5.72. The van der Waals surface area contributed by atoms with Gasteiger partial charge >= 0.3 is 0 Å². The van der Waals surface area contributed by atoms with E-state index < -0.39 is 5.91 Å². The normalized spacial score (nSPS) is 11.8. The first kappa shape index (κ1) is 12.7. The molecule has 0 saturated heterocycles. The van der Waals surface area contributed by atoms with E-state index in [1.807, 2.05) is 0 Å². The maximum Gasteiger partial charge on any atom is 0.267 e. The van der Waals surface area contributed by atoms with E-state index in [0.29, 0.717) is 5.69 Å². The third-order valence-electron chi connectivity index (χ3n) is 3.06. The maximum absolute atomic E-state index is 11.4. The predicted octanol–water partition coefficient (Wildman–Crippen LogP) is 1.99. The van der Waals surface area contributed by atoms with Gasteiger partial charge in [0.15, 0.2) is 0 Å². The fourth-order valence-electron chi connectivity index (χ4n) is 1.98. The Labute approximate surface area is 96.8 Å². The highest BCUT2D eigenvalue weighted by atomic mass is 16.1. The molecule has 0 unspecified atom stereocenters. The topological polar surface area (TPSA) is 60.9 Å². The highest BCUT2D eigenvalue weighted by Crippen LogP contribution is 2.31. The summed E-state index contributed by atoms with van der Waals surface area (Å²) in [5.41, 5.74) is 6.82. The van der Waals surface area contributed by atoms with Crippen LogP contribution < -0.4 is 5.73 Å². The smallest absolute Gasteiger partial charge is 0.267 e. The molecule has 0 bridgehead atoms. The number of carbonyl (C=O) groups is 1. The van der Waals surface area contributed by atoms with Crippen molar-refractivity contribution in [1.82, 2.24) is 9.78 Å². The van der Waals surface area contributed by atoms with Crippen LogP contribution >= 0.6 is 0 Å².